The summed E-state index contributed by atoms with van der Waals surface area (Å²) in [5.41, 5.74) is -0.664. The van der Waals surface area contributed by atoms with Crippen molar-refractivity contribution in [2.24, 2.45) is 0 Å². The van der Waals surface area contributed by atoms with E-state index in [-0.39, 0.29) is 22.2 Å². The van der Waals surface area contributed by atoms with Crippen LogP contribution in [0.1, 0.15) is 21.7 Å². The average molecular weight is 561 g/mol. The molecule has 5 aromatic rings. The van der Waals surface area contributed by atoms with Gasteiger partial charge in [0, 0.05) is 22.8 Å². The second-order valence-electron chi connectivity index (χ2n) is 8.14. The Bertz CT molecular complexity index is 1660. The molecule has 38 heavy (non-hydrogen) atoms. The van der Waals surface area contributed by atoms with E-state index in [1.165, 1.54) is 19.2 Å². The predicted octanol–water partition coefficient (Wildman–Crippen LogP) is 6.23. The highest BCUT2D eigenvalue weighted by Gasteiger charge is 2.37. The zero-order chi connectivity index (χ0) is 27.0. The molecule has 0 aliphatic heterocycles. The number of rotatable bonds is 6. The van der Waals surface area contributed by atoms with Gasteiger partial charge in [0.05, 0.1) is 19.3 Å². The first-order chi connectivity index (χ1) is 18.1. The Kier molecular flexibility index (Phi) is 6.72. The van der Waals surface area contributed by atoms with Crippen LogP contribution in [0.5, 0.6) is 5.75 Å². The molecule has 0 spiro atoms. The number of amides is 1. The maximum Gasteiger partial charge on any atom is 0.433 e. The summed E-state index contributed by atoms with van der Waals surface area (Å²) in [5, 5.41) is 10.9. The molecule has 0 saturated heterocycles. The van der Waals surface area contributed by atoms with Gasteiger partial charge in [-0.25, -0.2) is 9.50 Å². The number of anilines is 1. The van der Waals surface area contributed by atoms with Crippen LogP contribution in [0, 0.1) is 0 Å². The molecule has 5 rings (SSSR count). The largest absolute Gasteiger partial charge is 0.497 e. The van der Waals surface area contributed by atoms with E-state index >= 15 is 0 Å². The van der Waals surface area contributed by atoms with Crippen molar-refractivity contribution in [3.05, 3.63) is 93.9 Å². The summed E-state index contributed by atoms with van der Waals surface area (Å²) in [5.74, 6) is -0.247. The van der Waals surface area contributed by atoms with Crippen LogP contribution in [-0.2, 0) is 12.7 Å². The number of halogens is 5. The number of methoxy groups -OCH3 is 1. The molecule has 1 N–H and O–H groups in total. The highest BCUT2D eigenvalue weighted by Crippen LogP contribution is 2.35. The molecule has 0 bridgehead atoms. The topological polar surface area (TPSA) is 86.3 Å². The Morgan fingerprint density at radius 2 is 1.84 bits per heavy atom. The quantitative estimate of drug-likeness (QED) is 0.266. The monoisotopic (exact) mass is 560 g/mol. The SMILES string of the molecule is COc1cccc(-c2cc(C(F)(F)F)n3nc(C(=O)Nc4ccn(Cc5cccc(Cl)c5)n4)c(Cl)c3n2)c1. The number of nitrogens with zero attached hydrogens (tertiary/aromatic N) is 5. The van der Waals surface area contributed by atoms with Crippen molar-refractivity contribution in [2.45, 2.75) is 12.7 Å². The normalized spacial score (nSPS) is 11.6. The number of benzene rings is 2. The molecule has 2 aromatic carbocycles. The third-order valence-corrected chi connectivity index (χ3v) is 6.10. The van der Waals surface area contributed by atoms with E-state index in [1.807, 2.05) is 6.07 Å². The lowest BCUT2D eigenvalue weighted by atomic mass is 10.1. The van der Waals surface area contributed by atoms with Crippen LogP contribution in [0.2, 0.25) is 10.0 Å². The third-order valence-electron chi connectivity index (χ3n) is 5.52. The number of nitrogens with one attached hydrogen (secondary N) is 1. The number of hydrogen-bond acceptors (Lipinski definition) is 5. The molecule has 0 aliphatic carbocycles. The predicted molar refractivity (Wildman–Crippen MR) is 136 cm³/mol. The van der Waals surface area contributed by atoms with Crippen molar-refractivity contribution < 1.29 is 22.7 Å². The molecule has 3 aromatic heterocycles. The van der Waals surface area contributed by atoms with E-state index in [0.29, 0.717) is 27.4 Å². The third kappa shape index (κ3) is 5.15. The highest BCUT2D eigenvalue weighted by molar-refractivity contribution is 6.37. The van der Waals surface area contributed by atoms with Gasteiger partial charge in [0.2, 0.25) is 0 Å². The van der Waals surface area contributed by atoms with Crippen LogP contribution in [0.25, 0.3) is 16.9 Å². The molecule has 8 nitrogen and oxygen atoms in total. The van der Waals surface area contributed by atoms with Crippen molar-refractivity contribution in [2.75, 3.05) is 12.4 Å². The molecule has 0 radical (unpaired) electrons. The standard InChI is InChI=1S/C25H17Cl2F3N6O2/c1-38-17-7-3-5-15(11-17)18-12-19(25(28,29)30)36-23(31-18)21(27)22(34-36)24(37)32-20-8-9-35(33-20)13-14-4-2-6-16(26)10-14/h2-12H,13H2,1H3,(H,32,33,37). The Balaban J connectivity index is 1.47. The van der Waals surface area contributed by atoms with Gasteiger partial charge in [0.1, 0.15) is 10.8 Å². The van der Waals surface area contributed by atoms with Gasteiger partial charge in [-0.15, -0.1) is 0 Å². The first kappa shape index (κ1) is 25.6. The smallest absolute Gasteiger partial charge is 0.433 e. The number of alkyl halides is 3. The number of carbonyl (C=O) groups is 1. The first-order valence-corrected chi connectivity index (χ1v) is 11.8. The number of aromatic nitrogens is 5. The molecular weight excluding hydrogens is 544 g/mol. The van der Waals surface area contributed by atoms with Crippen LogP contribution in [0.3, 0.4) is 0 Å². The van der Waals surface area contributed by atoms with E-state index in [4.69, 9.17) is 27.9 Å². The van der Waals surface area contributed by atoms with Crippen molar-refractivity contribution in [1.29, 1.82) is 0 Å². The molecule has 0 atom stereocenters. The first-order valence-electron chi connectivity index (χ1n) is 11.0. The fourth-order valence-electron chi connectivity index (χ4n) is 3.78. The minimum absolute atomic E-state index is 0.0164. The molecule has 13 heteroatoms. The zero-order valence-electron chi connectivity index (χ0n) is 19.5. The summed E-state index contributed by atoms with van der Waals surface area (Å²) < 4.78 is 49.2. The van der Waals surface area contributed by atoms with Crippen molar-refractivity contribution in [3.8, 4) is 17.0 Å². The average Bonchev–Trinajstić information content (AvgIpc) is 3.46. The highest BCUT2D eigenvalue weighted by atomic mass is 35.5. The molecule has 194 valence electrons. The van der Waals surface area contributed by atoms with Crippen molar-refractivity contribution >= 4 is 40.6 Å². The lowest BCUT2D eigenvalue weighted by molar-refractivity contribution is -0.142. The summed E-state index contributed by atoms with van der Waals surface area (Å²) in [4.78, 5) is 17.2. The Morgan fingerprint density at radius 3 is 2.58 bits per heavy atom. The Labute approximate surface area is 223 Å². The van der Waals surface area contributed by atoms with Crippen LogP contribution in [0.4, 0.5) is 19.0 Å². The molecule has 0 unspecified atom stereocenters. The fraction of sp³-hybridized carbons (Fsp3) is 0.120. The van der Waals surface area contributed by atoms with Gasteiger partial charge in [0.15, 0.2) is 22.9 Å². The van der Waals surface area contributed by atoms with Gasteiger partial charge in [-0.1, -0.05) is 47.5 Å². The minimum Gasteiger partial charge on any atom is -0.497 e. The van der Waals surface area contributed by atoms with Crippen molar-refractivity contribution in [3.63, 3.8) is 0 Å². The van der Waals surface area contributed by atoms with E-state index in [9.17, 15) is 18.0 Å². The summed E-state index contributed by atoms with van der Waals surface area (Å²) in [6.07, 6.45) is -3.18. The molecule has 0 aliphatic rings. The second-order valence-corrected chi connectivity index (χ2v) is 8.95. The molecule has 1 amide bonds. The summed E-state index contributed by atoms with van der Waals surface area (Å²) in [6, 6.07) is 16.0. The maximum absolute atomic E-state index is 14.0. The van der Waals surface area contributed by atoms with Gasteiger partial charge in [-0.2, -0.15) is 23.4 Å². The van der Waals surface area contributed by atoms with E-state index < -0.39 is 23.5 Å². The van der Waals surface area contributed by atoms with Gasteiger partial charge in [-0.05, 0) is 35.9 Å². The van der Waals surface area contributed by atoms with Crippen LogP contribution in [0.15, 0.2) is 66.9 Å². The van der Waals surface area contributed by atoms with E-state index in [0.717, 1.165) is 11.6 Å². The van der Waals surface area contributed by atoms with E-state index in [1.54, 1.807) is 47.3 Å². The van der Waals surface area contributed by atoms with Crippen LogP contribution < -0.4 is 10.1 Å². The van der Waals surface area contributed by atoms with E-state index in [2.05, 4.69) is 20.5 Å². The molecule has 0 saturated carbocycles. The fourth-order valence-corrected chi connectivity index (χ4v) is 4.24. The zero-order valence-corrected chi connectivity index (χ0v) is 21.0. The number of ether oxygens (including phenoxy) is 1. The summed E-state index contributed by atoms with van der Waals surface area (Å²) in [6.45, 7) is 0.386. The van der Waals surface area contributed by atoms with Gasteiger partial charge >= 0.3 is 6.18 Å². The molecule has 0 fully saturated rings. The second kappa shape index (κ2) is 9.99. The summed E-state index contributed by atoms with van der Waals surface area (Å²) >= 11 is 12.4. The maximum atomic E-state index is 14.0. The number of carbonyl (C=O) groups excluding carboxylic acids is 1. The minimum atomic E-state index is -4.81. The Hall–Kier alpha value is -4.09. The van der Waals surface area contributed by atoms with Crippen LogP contribution in [-0.4, -0.2) is 37.4 Å². The lowest BCUT2D eigenvalue weighted by Gasteiger charge is -2.11. The number of hydrogen-bond donors (Lipinski definition) is 1. The lowest BCUT2D eigenvalue weighted by Crippen LogP contribution is -2.16. The van der Waals surface area contributed by atoms with Crippen LogP contribution >= 0.6 is 23.2 Å². The molecular formula is C25H17Cl2F3N6O2. The number of fused-ring (bicyclic) bond motifs is 1. The Morgan fingerprint density at radius 1 is 1.05 bits per heavy atom. The van der Waals surface area contributed by atoms with Gasteiger partial charge in [0.25, 0.3) is 5.91 Å². The summed E-state index contributed by atoms with van der Waals surface area (Å²) in [7, 11) is 1.44. The van der Waals surface area contributed by atoms with Crippen molar-refractivity contribution in [1.82, 2.24) is 24.4 Å². The van der Waals surface area contributed by atoms with Gasteiger partial charge in [-0.3, -0.25) is 9.48 Å². The van der Waals surface area contributed by atoms with Gasteiger partial charge < -0.3 is 10.1 Å². The molecule has 3 heterocycles.